The lowest BCUT2D eigenvalue weighted by Gasteiger charge is -2.12. The van der Waals surface area contributed by atoms with Gasteiger partial charge in [-0.25, -0.2) is 13.2 Å². The summed E-state index contributed by atoms with van der Waals surface area (Å²) in [5.41, 5.74) is 1.64. The molecule has 0 saturated heterocycles. The summed E-state index contributed by atoms with van der Waals surface area (Å²) in [4.78, 5) is 3.01. The molecule has 1 aliphatic heterocycles. The van der Waals surface area contributed by atoms with Gasteiger partial charge in [0.05, 0.1) is 0 Å². The van der Waals surface area contributed by atoms with E-state index in [1.807, 2.05) is 11.5 Å². The third-order valence-corrected chi connectivity index (χ3v) is 3.95. The summed E-state index contributed by atoms with van der Waals surface area (Å²) in [5.74, 6) is -3.24. The average molecular weight is 284 g/mol. The standard InChI is InChI=1S/C13H11F3N2S/c1-6-10-4-7(5-18(10)13(19)17-6)11-8(14)2-3-9(15)12(11)16/h2-3,7H,4-5H2,1H3,(H,17,19)/t7-/m0/s1. The Balaban J connectivity index is 2.06. The fraction of sp³-hybridized carbons (Fsp3) is 0.308. The number of halogens is 3. The summed E-state index contributed by atoms with van der Waals surface area (Å²) in [5, 5.41) is 0. The average Bonchev–Trinajstić information content (AvgIpc) is 2.88. The van der Waals surface area contributed by atoms with Crippen molar-refractivity contribution in [2.24, 2.45) is 0 Å². The van der Waals surface area contributed by atoms with Crippen LogP contribution in [0.15, 0.2) is 12.1 Å². The van der Waals surface area contributed by atoms with Crippen LogP contribution in [0.1, 0.15) is 22.9 Å². The second-order valence-corrected chi connectivity index (χ2v) is 5.16. The maximum Gasteiger partial charge on any atom is 0.177 e. The van der Waals surface area contributed by atoms with Gasteiger partial charge in [-0.15, -0.1) is 0 Å². The number of hydrogen-bond acceptors (Lipinski definition) is 1. The normalized spacial score (nSPS) is 17.8. The molecule has 2 aromatic rings. The van der Waals surface area contributed by atoms with E-state index in [1.54, 1.807) is 0 Å². The molecular formula is C13H11F3N2S. The summed E-state index contributed by atoms with van der Waals surface area (Å²) in [6, 6.07) is 1.77. The predicted molar refractivity (Wildman–Crippen MR) is 67.1 cm³/mol. The first-order chi connectivity index (χ1) is 8.99. The first-order valence-electron chi connectivity index (χ1n) is 5.90. The smallest absolute Gasteiger partial charge is 0.177 e. The first kappa shape index (κ1) is 12.5. The molecule has 1 N–H and O–H groups in total. The lowest BCUT2D eigenvalue weighted by Crippen LogP contribution is -2.08. The van der Waals surface area contributed by atoms with E-state index >= 15 is 0 Å². The van der Waals surface area contributed by atoms with Crippen molar-refractivity contribution in [3.05, 3.63) is 51.3 Å². The lowest BCUT2D eigenvalue weighted by molar-refractivity contribution is 0.459. The van der Waals surface area contributed by atoms with Crippen LogP contribution in [-0.2, 0) is 13.0 Å². The molecule has 1 aromatic heterocycles. The van der Waals surface area contributed by atoms with E-state index in [2.05, 4.69) is 4.98 Å². The van der Waals surface area contributed by atoms with Crippen molar-refractivity contribution in [2.75, 3.05) is 0 Å². The Morgan fingerprint density at radius 3 is 2.63 bits per heavy atom. The van der Waals surface area contributed by atoms with Crippen LogP contribution < -0.4 is 0 Å². The molecule has 1 aromatic carbocycles. The summed E-state index contributed by atoms with van der Waals surface area (Å²) >= 11 is 5.14. The molecule has 1 atom stereocenters. The first-order valence-corrected chi connectivity index (χ1v) is 6.31. The van der Waals surface area contributed by atoms with E-state index in [9.17, 15) is 13.2 Å². The summed E-state index contributed by atoms with van der Waals surface area (Å²) < 4.78 is 43.2. The van der Waals surface area contributed by atoms with Crippen LogP contribution in [0.3, 0.4) is 0 Å². The van der Waals surface area contributed by atoms with Crippen molar-refractivity contribution >= 4 is 12.2 Å². The molecule has 0 bridgehead atoms. The molecule has 0 radical (unpaired) electrons. The number of benzene rings is 1. The van der Waals surface area contributed by atoms with Crippen LogP contribution in [0.5, 0.6) is 0 Å². The number of rotatable bonds is 1. The van der Waals surface area contributed by atoms with Gasteiger partial charge in [0.1, 0.15) is 5.82 Å². The number of hydrogen-bond donors (Lipinski definition) is 1. The minimum absolute atomic E-state index is 0.183. The summed E-state index contributed by atoms with van der Waals surface area (Å²) in [6.07, 6.45) is 0.455. The SMILES string of the molecule is Cc1[nH]c(=S)n2c1C[C@H](c1c(F)ccc(F)c1F)C2. The summed E-state index contributed by atoms with van der Waals surface area (Å²) in [7, 11) is 0. The molecular weight excluding hydrogens is 273 g/mol. The minimum atomic E-state index is -1.09. The second-order valence-electron chi connectivity index (χ2n) is 4.77. The van der Waals surface area contributed by atoms with Crippen LogP contribution in [0.2, 0.25) is 0 Å². The Morgan fingerprint density at radius 1 is 1.26 bits per heavy atom. The number of fused-ring (bicyclic) bond motifs is 1. The molecule has 0 amide bonds. The molecule has 0 fully saturated rings. The number of aromatic amines is 1. The van der Waals surface area contributed by atoms with E-state index in [0.717, 1.165) is 23.5 Å². The van der Waals surface area contributed by atoms with Crippen molar-refractivity contribution in [3.63, 3.8) is 0 Å². The Hall–Kier alpha value is -1.56. The molecule has 2 heterocycles. The third-order valence-electron chi connectivity index (χ3n) is 3.63. The van der Waals surface area contributed by atoms with Crippen molar-refractivity contribution in [2.45, 2.75) is 25.8 Å². The van der Waals surface area contributed by atoms with Gasteiger partial charge in [-0.1, -0.05) is 0 Å². The van der Waals surface area contributed by atoms with Crippen LogP contribution in [0.25, 0.3) is 0 Å². The lowest BCUT2D eigenvalue weighted by atomic mass is 9.95. The fourth-order valence-corrected chi connectivity index (χ4v) is 3.05. The highest BCUT2D eigenvalue weighted by Crippen LogP contribution is 2.34. The van der Waals surface area contributed by atoms with E-state index in [4.69, 9.17) is 12.2 Å². The highest BCUT2D eigenvalue weighted by Gasteiger charge is 2.30. The largest absolute Gasteiger partial charge is 0.335 e. The number of H-pyrrole nitrogens is 1. The van der Waals surface area contributed by atoms with Crippen LogP contribution in [0.4, 0.5) is 13.2 Å². The van der Waals surface area contributed by atoms with Gasteiger partial charge < -0.3 is 9.55 Å². The van der Waals surface area contributed by atoms with Gasteiger partial charge in [0.15, 0.2) is 16.4 Å². The maximum atomic E-state index is 13.8. The Bertz CT molecular complexity index is 717. The highest BCUT2D eigenvalue weighted by molar-refractivity contribution is 7.71. The van der Waals surface area contributed by atoms with Crippen molar-refractivity contribution < 1.29 is 13.2 Å². The van der Waals surface area contributed by atoms with Crippen LogP contribution in [0, 0.1) is 29.1 Å². The maximum absolute atomic E-state index is 13.8. The predicted octanol–water partition coefficient (Wildman–Crippen LogP) is 3.61. The zero-order valence-corrected chi connectivity index (χ0v) is 11.0. The van der Waals surface area contributed by atoms with Gasteiger partial charge in [-0.05, 0) is 37.7 Å². The number of nitrogens with one attached hydrogen (secondary N) is 1. The number of aryl methyl sites for hydroxylation is 1. The highest BCUT2D eigenvalue weighted by atomic mass is 32.1. The molecule has 1 aliphatic rings. The van der Waals surface area contributed by atoms with Crippen molar-refractivity contribution in [1.29, 1.82) is 0 Å². The zero-order valence-electron chi connectivity index (χ0n) is 10.1. The van der Waals surface area contributed by atoms with E-state index in [-0.39, 0.29) is 5.56 Å². The number of imidazole rings is 1. The minimum Gasteiger partial charge on any atom is -0.335 e. The Labute approximate surface area is 112 Å². The number of aromatic nitrogens is 2. The van der Waals surface area contributed by atoms with E-state index < -0.39 is 23.4 Å². The monoisotopic (exact) mass is 284 g/mol. The summed E-state index contributed by atoms with van der Waals surface area (Å²) in [6.45, 7) is 2.23. The third kappa shape index (κ3) is 1.82. The molecule has 0 aliphatic carbocycles. The molecule has 100 valence electrons. The van der Waals surface area contributed by atoms with Gasteiger partial charge >= 0.3 is 0 Å². The topological polar surface area (TPSA) is 20.7 Å². The quantitative estimate of drug-likeness (QED) is 0.626. The zero-order chi connectivity index (χ0) is 13.7. The molecule has 0 spiro atoms. The van der Waals surface area contributed by atoms with Crippen LogP contribution >= 0.6 is 12.2 Å². The van der Waals surface area contributed by atoms with Gasteiger partial charge in [0.2, 0.25) is 0 Å². The fourth-order valence-electron chi connectivity index (χ4n) is 2.71. The van der Waals surface area contributed by atoms with E-state index in [0.29, 0.717) is 17.7 Å². The Morgan fingerprint density at radius 2 is 1.95 bits per heavy atom. The van der Waals surface area contributed by atoms with Gasteiger partial charge in [-0.3, -0.25) is 0 Å². The van der Waals surface area contributed by atoms with Gasteiger partial charge in [0, 0.05) is 29.4 Å². The van der Waals surface area contributed by atoms with Crippen molar-refractivity contribution in [3.8, 4) is 0 Å². The molecule has 3 rings (SSSR count). The van der Waals surface area contributed by atoms with Gasteiger partial charge in [0.25, 0.3) is 0 Å². The molecule has 2 nitrogen and oxygen atoms in total. The van der Waals surface area contributed by atoms with Crippen LogP contribution in [-0.4, -0.2) is 9.55 Å². The second kappa shape index (κ2) is 4.23. The van der Waals surface area contributed by atoms with E-state index in [1.165, 1.54) is 0 Å². The molecule has 6 heteroatoms. The van der Waals surface area contributed by atoms with Crippen molar-refractivity contribution in [1.82, 2.24) is 9.55 Å². The Kier molecular flexibility index (Phi) is 2.78. The van der Waals surface area contributed by atoms with Gasteiger partial charge in [-0.2, -0.15) is 0 Å². The number of nitrogens with zero attached hydrogens (tertiary/aromatic N) is 1. The molecule has 0 saturated carbocycles. The molecule has 19 heavy (non-hydrogen) atoms. The molecule has 0 unspecified atom stereocenters.